The van der Waals surface area contributed by atoms with Crippen LogP contribution in [-0.4, -0.2) is 20.1 Å². The molecule has 0 aliphatic heterocycles. The number of nitrogens with one attached hydrogen (secondary N) is 1. The topological polar surface area (TPSA) is 60.3 Å². The van der Waals surface area contributed by atoms with Crippen LogP contribution in [0.15, 0.2) is 29.2 Å². The van der Waals surface area contributed by atoms with Gasteiger partial charge in [0.05, 0.1) is 7.11 Å². The molecule has 0 radical (unpaired) electrons. The van der Waals surface area contributed by atoms with E-state index in [0.29, 0.717) is 11.8 Å². The van der Waals surface area contributed by atoms with Crippen molar-refractivity contribution in [3.63, 3.8) is 0 Å². The molecule has 2 aromatic rings. The van der Waals surface area contributed by atoms with Gasteiger partial charge in [0, 0.05) is 24.0 Å². The summed E-state index contributed by atoms with van der Waals surface area (Å²) in [4.78, 5) is 0.181. The molecule has 1 fully saturated rings. The molecule has 24 heavy (non-hydrogen) atoms. The van der Waals surface area contributed by atoms with Crippen molar-refractivity contribution < 1.29 is 13.2 Å². The second kappa shape index (κ2) is 6.26. The van der Waals surface area contributed by atoms with Gasteiger partial charge in [-0.05, 0) is 62.9 Å². The summed E-state index contributed by atoms with van der Waals surface area (Å²) < 4.78 is 35.6. The Balaban J connectivity index is 1.84. The van der Waals surface area contributed by atoms with E-state index in [1.807, 2.05) is 13.0 Å². The number of aromatic nitrogens is 1. The Kier molecular flexibility index (Phi) is 4.44. The molecule has 1 aliphatic rings. The molecule has 1 aromatic carbocycles. The third kappa shape index (κ3) is 3.21. The molecule has 0 amide bonds. The highest BCUT2D eigenvalue weighted by molar-refractivity contribution is 7.89. The number of ether oxygens (including phenoxy) is 1. The Bertz CT molecular complexity index is 865. The summed E-state index contributed by atoms with van der Waals surface area (Å²) in [6.45, 7) is 6.28. The molecule has 0 unspecified atom stereocenters. The summed E-state index contributed by atoms with van der Waals surface area (Å²) >= 11 is 0. The van der Waals surface area contributed by atoms with Crippen molar-refractivity contribution in [3.8, 4) is 5.75 Å². The lowest BCUT2D eigenvalue weighted by atomic mass is 10.2. The minimum absolute atomic E-state index is 0.181. The van der Waals surface area contributed by atoms with E-state index in [4.69, 9.17) is 4.74 Å². The van der Waals surface area contributed by atoms with Crippen LogP contribution in [0.3, 0.4) is 0 Å². The molecule has 3 rings (SSSR count). The van der Waals surface area contributed by atoms with Crippen LogP contribution in [0.5, 0.6) is 5.75 Å². The highest BCUT2D eigenvalue weighted by Gasteiger charge is 2.27. The van der Waals surface area contributed by atoms with Gasteiger partial charge in [0.2, 0.25) is 10.0 Å². The number of hydrogen-bond acceptors (Lipinski definition) is 3. The largest absolute Gasteiger partial charge is 0.495 e. The summed E-state index contributed by atoms with van der Waals surface area (Å²) in [6, 6.07) is 7.81. The van der Waals surface area contributed by atoms with Crippen molar-refractivity contribution in [3.05, 3.63) is 46.8 Å². The van der Waals surface area contributed by atoms with E-state index < -0.39 is 10.0 Å². The third-order valence-corrected chi connectivity index (χ3v) is 5.98. The van der Waals surface area contributed by atoms with Gasteiger partial charge in [-0.15, -0.1) is 0 Å². The molecule has 1 aliphatic carbocycles. The van der Waals surface area contributed by atoms with Gasteiger partial charge in [0.1, 0.15) is 10.6 Å². The summed E-state index contributed by atoms with van der Waals surface area (Å²) in [5.41, 5.74) is 4.24. The molecule has 1 heterocycles. The molecule has 0 atom stereocenters. The first kappa shape index (κ1) is 17.0. The second-order valence-electron chi connectivity index (χ2n) is 6.48. The van der Waals surface area contributed by atoms with Crippen molar-refractivity contribution in [1.29, 1.82) is 0 Å². The van der Waals surface area contributed by atoms with Gasteiger partial charge < -0.3 is 9.30 Å². The quantitative estimate of drug-likeness (QED) is 0.872. The normalized spacial score (nSPS) is 14.8. The van der Waals surface area contributed by atoms with Crippen molar-refractivity contribution in [2.45, 2.75) is 51.1 Å². The maximum absolute atomic E-state index is 12.7. The van der Waals surface area contributed by atoms with Crippen LogP contribution in [0.1, 0.15) is 41.4 Å². The van der Waals surface area contributed by atoms with Crippen molar-refractivity contribution in [1.82, 2.24) is 9.29 Å². The first-order valence-corrected chi connectivity index (χ1v) is 9.63. The Hall–Kier alpha value is -1.79. The van der Waals surface area contributed by atoms with E-state index in [0.717, 1.165) is 16.8 Å². The van der Waals surface area contributed by atoms with Crippen LogP contribution in [0, 0.1) is 20.8 Å². The maximum atomic E-state index is 12.7. The molecule has 0 saturated heterocycles. The Morgan fingerprint density at radius 2 is 1.92 bits per heavy atom. The first-order valence-electron chi connectivity index (χ1n) is 8.15. The zero-order chi connectivity index (χ0) is 17.5. The Morgan fingerprint density at radius 1 is 1.21 bits per heavy atom. The monoisotopic (exact) mass is 348 g/mol. The summed E-state index contributed by atoms with van der Waals surface area (Å²) in [6.07, 6.45) is 2.42. The first-order chi connectivity index (χ1) is 11.3. The third-order valence-electron chi connectivity index (χ3n) is 4.56. The van der Waals surface area contributed by atoms with Crippen LogP contribution in [0.2, 0.25) is 0 Å². The van der Waals surface area contributed by atoms with E-state index >= 15 is 0 Å². The van der Waals surface area contributed by atoms with Crippen LogP contribution < -0.4 is 9.46 Å². The highest BCUT2D eigenvalue weighted by atomic mass is 32.2. The minimum Gasteiger partial charge on any atom is -0.495 e. The number of benzene rings is 1. The Labute approximate surface area is 143 Å². The smallest absolute Gasteiger partial charge is 0.244 e. The second-order valence-corrected chi connectivity index (χ2v) is 8.21. The van der Waals surface area contributed by atoms with Crippen molar-refractivity contribution >= 4 is 10.0 Å². The number of nitrogens with zero attached hydrogens (tertiary/aromatic N) is 1. The van der Waals surface area contributed by atoms with E-state index in [1.54, 1.807) is 12.1 Å². The average Bonchev–Trinajstić information content (AvgIpc) is 3.32. The standard InChI is InChI=1S/C18H24N2O3S/c1-12-5-8-17(23-4)18(9-12)24(21,22)19-11-15-10-13(2)20(14(15)3)16-6-7-16/h5,8-10,16,19H,6-7,11H2,1-4H3. The molecular formula is C18H24N2O3S. The van der Waals surface area contributed by atoms with Crippen LogP contribution >= 0.6 is 0 Å². The number of aryl methyl sites for hydroxylation is 2. The number of sulfonamides is 1. The molecule has 0 spiro atoms. The van der Waals surface area contributed by atoms with Gasteiger partial charge in [-0.2, -0.15) is 0 Å². The van der Waals surface area contributed by atoms with Gasteiger partial charge >= 0.3 is 0 Å². The fourth-order valence-electron chi connectivity index (χ4n) is 3.16. The lowest BCUT2D eigenvalue weighted by molar-refractivity contribution is 0.402. The zero-order valence-corrected chi connectivity index (χ0v) is 15.4. The molecule has 1 saturated carbocycles. The van der Waals surface area contributed by atoms with E-state index in [9.17, 15) is 8.42 Å². The fraction of sp³-hybridized carbons (Fsp3) is 0.444. The molecular weight excluding hydrogens is 324 g/mol. The van der Waals surface area contributed by atoms with Gasteiger partial charge in [0.25, 0.3) is 0 Å². The Morgan fingerprint density at radius 3 is 2.54 bits per heavy atom. The van der Waals surface area contributed by atoms with E-state index in [2.05, 4.69) is 29.2 Å². The predicted molar refractivity (Wildman–Crippen MR) is 93.9 cm³/mol. The van der Waals surface area contributed by atoms with Crippen LogP contribution in [0.25, 0.3) is 0 Å². The molecule has 0 bridgehead atoms. The SMILES string of the molecule is COc1ccc(C)cc1S(=O)(=O)NCc1cc(C)n(C2CC2)c1C. The highest BCUT2D eigenvalue weighted by Crippen LogP contribution is 2.38. The zero-order valence-electron chi connectivity index (χ0n) is 14.6. The molecule has 1 N–H and O–H groups in total. The van der Waals surface area contributed by atoms with Gasteiger partial charge in [-0.1, -0.05) is 6.07 Å². The lowest BCUT2D eigenvalue weighted by Crippen LogP contribution is -2.24. The van der Waals surface area contributed by atoms with Crippen LogP contribution in [0.4, 0.5) is 0 Å². The minimum atomic E-state index is -3.63. The molecule has 6 heteroatoms. The van der Waals surface area contributed by atoms with Crippen LogP contribution in [-0.2, 0) is 16.6 Å². The van der Waals surface area contributed by atoms with E-state index in [1.165, 1.54) is 25.6 Å². The van der Waals surface area contributed by atoms with Crippen molar-refractivity contribution in [2.75, 3.05) is 7.11 Å². The summed E-state index contributed by atoms with van der Waals surface area (Å²) in [7, 11) is -2.15. The van der Waals surface area contributed by atoms with Gasteiger partial charge in [0.15, 0.2) is 0 Å². The molecule has 130 valence electrons. The van der Waals surface area contributed by atoms with Gasteiger partial charge in [-0.3, -0.25) is 0 Å². The lowest BCUT2D eigenvalue weighted by Gasteiger charge is -2.12. The van der Waals surface area contributed by atoms with Gasteiger partial charge in [-0.25, -0.2) is 13.1 Å². The molecule has 1 aromatic heterocycles. The maximum Gasteiger partial charge on any atom is 0.244 e. The summed E-state index contributed by atoms with van der Waals surface area (Å²) in [5.74, 6) is 0.358. The number of hydrogen-bond donors (Lipinski definition) is 1. The fourth-order valence-corrected chi connectivity index (χ4v) is 4.42. The van der Waals surface area contributed by atoms with Crippen molar-refractivity contribution in [2.24, 2.45) is 0 Å². The predicted octanol–water partition coefficient (Wildman–Crippen LogP) is 3.24. The average molecular weight is 348 g/mol. The summed E-state index contributed by atoms with van der Waals surface area (Å²) in [5, 5.41) is 0. The van der Waals surface area contributed by atoms with E-state index in [-0.39, 0.29) is 11.4 Å². The number of methoxy groups -OCH3 is 1. The number of rotatable bonds is 6. The molecule has 5 nitrogen and oxygen atoms in total.